The van der Waals surface area contributed by atoms with Crippen LogP contribution in [-0.2, 0) is 6.42 Å². The fraction of sp³-hybridized carbons (Fsp3) is 0.385. The molecule has 1 unspecified atom stereocenters. The van der Waals surface area contributed by atoms with E-state index in [9.17, 15) is 0 Å². The quantitative estimate of drug-likeness (QED) is 0.818. The molecule has 15 heavy (non-hydrogen) atoms. The molecular weight excluding hydrogens is 186 g/mol. The predicted octanol–water partition coefficient (Wildman–Crippen LogP) is 2.37. The van der Waals surface area contributed by atoms with Crippen molar-refractivity contribution in [2.75, 3.05) is 6.54 Å². The molecule has 0 spiro atoms. The van der Waals surface area contributed by atoms with Crippen LogP contribution in [0.15, 0.2) is 24.3 Å². The lowest BCUT2D eigenvalue weighted by atomic mass is 10.0. The van der Waals surface area contributed by atoms with Crippen molar-refractivity contribution in [1.29, 1.82) is 0 Å². The van der Waals surface area contributed by atoms with E-state index in [2.05, 4.69) is 31.2 Å². The Kier molecular flexibility index (Phi) is 3.07. The smallest absolute Gasteiger partial charge is 0.127 e. The number of fused-ring (bicyclic) bond motifs is 1. The lowest BCUT2D eigenvalue weighted by Crippen LogP contribution is -2.15. The van der Waals surface area contributed by atoms with Crippen molar-refractivity contribution >= 4 is 6.08 Å². The summed E-state index contributed by atoms with van der Waals surface area (Å²) in [4.78, 5) is 0. The first-order chi connectivity index (χ1) is 7.33. The molecule has 1 heterocycles. The fourth-order valence-electron chi connectivity index (χ4n) is 1.79. The lowest BCUT2D eigenvalue weighted by Gasteiger charge is -2.20. The molecule has 1 atom stereocenters. The lowest BCUT2D eigenvalue weighted by molar-refractivity contribution is 0.241. The second kappa shape index (κ2) is 4.49. The Morgan fingerprint density at radius 1 is 1.40 bits per heavy atom. The van der Waals surface area contributed by atoms with Gasteiger partial charge in [0.15, 0.2) is 0 Å². The fourth-order valence-corrected chi connectivity index (χ4v) is 1.79. The van der Waals surface area contributed by atoms with Gasteiger partial charge in [-0.15, -0.1) is 0 Å². The molecule has 0 saturated carbocycles. The van der Waals surface area contributed by atoms with Crippen LogP contribution in [0.4, 0.5) is 0 Å². The van der Waals surface area contributed by atoms with Crippen molar-refractivity contribution in [3.8, 4) is 5.75 Å². The zero-order valence-corrected chi connectivity index (χ0v) is 9.07. The molecule has 0 fully saturated rings. The number of benzene rings is 1. The Morgan fingerprint density at radius 2 is 2.27 bits per heavy atom. The maximum absolute atomic E-state index is 5.80. The van der Waals surface area contributed by atoms with Crippen molar-refractivity contribution in [1.82, 2.24) is 0 Å². The van der Waals surface area contributed by atoms with Gasteiger partial charge in [0.05, 0.1) is 0 Å². The number of hydrogen-bond acceptors (Lipinski definition) is 2. The molecule has 0 bridgehead atoms. The summed E-state index contributed by atoms with van der Waals surface area (Å²) in [5.41, 5.74) is 7.98. The second-order valence-corrected chi connectivity index (χ2v) is 3.83. The van der Waals surface area contributed by atoms with E-state index in [1.807, 2.05) is 6.07 Å². The summed E-state index contributed by atoms with van der Waals surface area (Å²) >= 11 is 0. The summed E-state index contributed by atoms with van der Waals surface area (Å²) in [5.74, 6) is 0.991. The SMILES string of the molecule is CCC1C=Cc2cc(CCN)ccc2O1. The van der Waals surface area contributed by atoms with E-state index >= 15 is 0 Å². The molecule has 0 aliphatic carbocycles. The van der Waals surface area contributed by atoms with Crippen LogP contribution in [0.2, 0.25) is 0 Å². The molecule has 2 nitrogen and oxygen atoms in total. The van der Waals surface area contributed by atoms with E-state index in [0.29, 0.717) is 6.54 Å². The van der Waals surface area contributed by atoms with Crippen LogP contribution >= 0.6 is 0 Å². The van der Waals surface area contributed by atoms with E-state index < -0.39 is 0 Å². The molecule has 1 aliphatic rings. The zero-order valence-electron chi connectivity index (χ0n) is 9.07. The zero-order chi connectivity index (χ0) is 10.7. The Hall–Kier alpha value is -1.28. The Bertz CT molecular complexity index is 371. The highest BCUT2D eigenvalue weighted by Gasteiger charge is 2.12. The monoisotopic (exact) mass is 203 g/mol. The van der Waals surface area contributed by atoms with Gasteiger partial charge in [-0.2, -0.15) is 0 Å². The summed E-state index contributed by atoms with van der Waals surface area (Å²) < 4.78 is 5.80. The van der Waals surface area contributed by atoms with E-state index in [4.69, 9.17) is 10.5 Å². The van der Waals surface area contributed by atoms with Crippen molar-refractivity contribution in [2.45, 2.75) is 25.9 Å². The highest BCUT2D eigenvalue weighted by molar-refractivity contribution is 5.60. The molecule has 2 heteroatoms. The number of hydrogen-bond donors (Lipinski definition) is 1. The third-order valence-corrected chi connectivity index (χ3v) is 2.68. The molecule has 0 saturated heterocycles. The molecule has 0 amide bonds. The first-order valence-electron chi connectivity index (χ1n) is 5.51. The van der Waals surface area contributed by atoms with Crippen LogP contribution < -0.4 is 10.5 Å². The van der Waals surface area contributed by atoms with Gasteiger partial charge in [-0.05, 0) is 43.2 Å². The molecule has 0 aromatic heterocycles. The van der Waals surface area contributed by atoms with Gasteiger partial charge in [-0.3, -0.25) is 0 Å². The van der Waals surface area contributed by atoms with Crippen LogP contribution in [0.5, 0.6) is 5.75 Å². The topological polar surface area (TPSA) is 35.2 Å². The van der Waals surface area contributed by atoms with Crippen molar-refractivity contribution in [3.63, 3.8) is 0 Å². The molecule has 0 radical (unpaired) electrons. The van der Waals surface area contributed by atoms with Gasteiger partial charge in [0, 0.05) is 5.56 Å². The normalized spacial score (nSPS) is 18.4. The minimum Gasteiger partial charge on any atom is -0.486 e. The third kappa shape index (κ3) is 2.21. The average Bonchev–Trinajstić information content (AvgIpc) is 2.29. The maximum Gasteiger partial charge on any atom is 0.127 e. The summed E-state index contributed by atoms with van der Waals surface area (Å²) in [7, 11) is 0. The van der Waals surface area contributed by atoms with E-state index in [1.165, 1.54) is 11.1 Å². The molecule has 1 aromatic carbocycles. The molecule has 2 rings (SSSR count). The standard InChI is InChI=1S/C13H17NO/c1-2-12-5-4-11-9-10(7-8-14)3-6-13(11)15-12/h3-6,9,12H,2,7-8,14H2,1H3. The van der Waals surface area contributed by atoms with E-state index in [1.54, 1.807) is 0 Å². The Balaban J connectivity index is 2.23. The first-order valence-corrected chi connectivity index (χ1v) is 5.51. The van der Waals surface area contributed by atoms with Gasteiger partial charge in [0.25, 0.3) is 0 Å². The van der Waals surface area contributed by atoms with Gasteiger partial charge < -0.3 is 10.5 Å². The van der Waals surface area contributed by atoms with E-state index in [0.717, 1.165) is 18.6 Å². The minimum absolute atomic E-state index is 0.234. The minimum atomic E-state index is 0.234. The summed E-state index contributed by atoms with van der Waals surface area (Å²) in [6, 6.07) is 6.30. The summed E-state index contributed by atoms with van der Waals surface area (Å²) in [5, 5.41) is 0. The highest BCUT2D eigenvalue weighted by atomic mass is 16.5. The van der Waals surface area contributed by atoms with Crippen LogP contribution in [0.3, 0.4) is 0 Å². The van der Waals surface area contributed by atoms with Crippen LogP contribution in [0, 0.1) is 0 Å². The predicted molar refractivity (Wildman–Crippen MR) is 62.9 cm³/mol. The van der Waals surface area contributed by atoms with E-state index in [-0.39, 0.29) is 6.10 Å². The van der Waals surface area contributed by atoms with Crippen LogP contribution in [0.1, 0.15) is 24.5 Å². The van der Waals surface area contributed by atoms with Crippen LogP contribution in [0.25, 0.3) is 6.08 Å². The largest absolute Gasteiger partial charge is 0.486 e. The molecular formula is C13H17NO. The summed E-state index contributed by atoms with van der Waals surface area (Å²) in [6.07, 6.45) is 6.44. The Morgan fingerprint density at radius 3 is 3.00 bits per heavy atom. The van der Waals surface area contributed by atoms with Gasteiger partial charge in [0.2, 0.25) is 0 Å². The van der Waals surface area contributed by atoms with Gasteiger partial charge in [-0.1, -0.05) is 19.1 Å². The van der Waals surface area contributed by atoms with Crippen molar-refractivity contribution < 1.29 is 4.74 Å². The highest BCUT2D eigenvalue weighted by Crippen LogP contribution is 2.27. The average molecular weight is 203 g/mol. The van der Waals surface area contributed by atoms with Crippen molar-refractivity contribution in [3.05, 3.63) is 35.4 Å². The third-order valence-electron chi connectivity index (χ3n) is 2.68. The Labute approximate surface area is 90.7 Å². The molecule has 1 aromatic rings. The number of ether oxygens (including phenoxy) is 1. The van der Waals surface area contributed by atoms with Gasteiger partial charge >= 0.3 is 0 Å². The summed E-state index contributed by atoms with van der Waals surface area (Å²) in [6.45, 7) is 2.82. The molecule has 1 aliphatic heterocycles. The number of nitrogens with two attached hydrogens (primary N) is 1. The molecule has 80 valence electrons. The second-order valence-electron chi connectivity index (χ2n) is 3.83. The van der Waals surface area contributed by atoms with Gasteiger partial charge in [-0.25, -0.2) is 0 Å². The number of rotatable bonds is 3. The van der Waals surface area contributed by atoms with Gasteiger partial charge in [0.1, 0.15) is 11.9 Å². The van der Waals surface area contributed by atoms with Crippen molar-refractivity contribution in [2.24, 2.45) is 5.73 Å². The maximum atomic E-state index is 5.80. The first kappa shape index (κ1) is 10.2. The van der Waals surface area contributed by atoms with Crippen LogP contribution in [-0.4, -0.2) is 12.6 Å². The molecule has 2 N–H and O–H groups in total.